The SMILES string of the molecule is Cn1ccc2nc(NCc3ccccn3)[nH]c(=O)c21. The third-order valence-corrected chi connectivity index (χ3v) is 2.89. The van der Waals surface area contributed by atoms with E-state index in [-0.39, 0.29) is 5.56 Å². The molecule has 6 nitrogen and oxygen atoms in total. The zero-order valence-corrected chi connectivity index (χ0v) is 10.4. The molecule has 0 spiro atoms. The molecule has 0 aliphatic rings. The number of nitrogens with zero attached hydrogens (tertiary/aromatic N) is 3. The largest absolute Gasteiger partial charge is 0.350 e. The highest BCUT2D eigenvalue weighted by Crippen LogP contribution is 2.09. The first-order chi connectivity index (χ1) is 9.24. The maximum atomic E-state index is 11.9. The van der Waals surface area contributed by atoms with Crippen LogP contribution >= 0.6 is 0 Å². The number of hydrogen-bond acceptors (Lipinski definition) is 4. The van der Waals surface area contributed by atoms with Crippen molar-refractivity contribution in [2.75, 3.05) is 5.32 Å². The Balaban J connectivity index is 1.88. The molecule has 0 aliphatic carbocycles. The van der Waals surface area contributed by atoms with Crippen molar-refractivity contribution in [3.63, 3.8) is 0 Å². The molecule has 0 atom stereocenters. The normalized spacial score (nSPS) is 10.8. The highest BCUT2D eigenvalue weighted by molar-refractivity contribution is 5.75. The van der Waals surface area contributed by atoms with Crippen LogP contribution < -0.4 is 10.9 Å². The van der Waals surface area contributed by atoms with E-state index in [4.69, 9.17) is 0 Å². The zero-order chi connectivity index (χ0) is 13.2. The van der Waals surface area contributed by atoms with E-state index in [0.717, 1.165) is 5.69 Å². The predicted octanol–water partition coefficient (Wildman–Crippen LogP) is 1.27. The molecule has 0 unspecified atom stereocenters. The molecule has 3 aromatic heterocycles. The van der Waals surface area contributed by atoms with E-state index in [0.29, 0.717) is 23.5 Å². The lowest BCUT2D eigenvalue weighted by molar-refractivity contribution is 0.948. The summed E-state index contributed by atoms with van der Waals surface area (Å²) in [5, 5.41) is 3.06. The number of H-pyrrole nitrogens is 1. The summed E-state index contributed by atoms with van der Waals surface area (Å²) in [6.07, 6.45) is 3.54. The van der Waals surface area contributed by atoms with Crippen molar-refractivity contribution in [2.24, 2.45) is 7.05 Å². The molecular formula is C13H13N5O. The Bertz CT molecular complexity index is 760. The molecule has 0 saturated heterocycles. The van der Waals surface area contributed by atoms with Crippen molar-refractivity contribution in [1.29, 1.82) is 0 Å². The van der Waals surface area contributed by atoms with Gasteiger partial charge in [-0.05, 0) is 18.2 Å². The molecular weight excluding hydrogens is 242 g/mol. The summed E-state index contributed by atoms with van der Waals surface area (Å²) in [7, 11) is 1.82. The lowest BCUT2D eigenvalue weighted by Crippen LogP contribution is -2.14. The van der Waals surface area contributed by atoms with Crippen LogP contribution in [0, 0.1) is 0 Å². The third-order valence-electron chi connectivity index (χ3n) is 2.89. The molecule has 6 heteroatoms. The number of aryl methyl sites for hydroxylation is 1. The molecule has 0 bridgehead atoms. The van der Waals surface area contributed by atoms with Gasteiger partial charge in [-0.15, -0.1) is 0 Å². The van der Waals surface area contributed by atoms with Gasteiger partial charge < -0.3 is 9.88 Å². The van der Waals surface area contributed by atoms with Gasteiger partial charge in [0.1, 0.15) is 5.52 Å². The van der Waals surface area contributed by atoms with Gasteiger partial charge in [0.15, 0.2) is 0 Å². The van der Waals surface area contributed by atoms with E-state index in [1.165, 1.54) is 0 Å². The number of rotatable bonds is 3. The molecule has 19 heavy (non-hydrogen) atoms. The molecule has 3 rings (SSSR count). The molecule has 0 aliphatic heterocycles. The summed E-state index contributed by atoms with van der Waals surface area (Å²) >= 11 is 0. The van der Waals surface area contributed by atoms with Crippen molar-refractivity contribution < 1.29 is 0 Å². The number of anilines is 1. The minimum absolute atomic E-state index is 0.152. The molecule has 0 aromatic carbocycles. The van der Waals surface area contributed by atoms with E-state index >= 15 is 0 Å². The van der Waals surface area contributed by atoms with Crippen molar-refractivity contribution >= 4 is 17.0 Å². The van der Waals surface area contributed by atoms with E-state index in [2.05, 4.69) is 20.3 Å². The van der Waals surface area contributed by atoms with Crippen LogP contribution in [0.25, 0.3) is 11.0 Å². The standard InChI is InChI=1S/C13H13N5O/c1-18-7-5-10-11(18)12(19)17-13(16-10)15-8-9-4-2-3-6-14-9/h2-7H,8H2,1H3,(H2,15,16,17,19). The van der Waals surface area contributed by atoms with E-state index in [1.807, 2.05) is 37.5 Å². The molecule has 3 aromatic rings. The summed E-state index contributed by atoms with van der Waals surface area (Å²) in [6.45, 7) is 0.516. The van der Waals surface area contributed by atoms with Crippen molar-refractivity contribution in [3.05, 3.63) is 52.7 Å². The van der Waals surface area contributed by atoms with Crippen LogP contribution in [0.4, 0.5) is 5.95 Å². The van der Waals surface area contributed by atoms with Crippen LogP contribution in [0.3, 0.4) is 0 Å². The quantitative estimate of drug-likeness (QED) is 0.739. The highest BCUT2D eigenvalue weighted by atomic mass is 16.1. The average Bonchev–Trinajstić information content (AvgIpc) is 2.80. The first-order valence-corrected chi connectivity index (χ1v) is 5.93. The summed E-state index contributed by atoms with van der Waals surface area (Å²) in [5.74, 6) is 0.453. The van der Waals surface area contributed by atoms with Crippen LogP contribution in [0.5, 0.6) is 0 Å². The average molecular weight is 255 g/mol. The number of nitrogens with one attached hydrogen (secondary N) is 2. The maximum absolute atomic E-state index is 11.9. The number of fused-ring (bicyclic) bond motifs is 1. The second kappa shape index (κ2) is 4.56. The molecule has 0 amide bonds. The van der Waals surface area contributed by atoms with Gasteiger partial charge >= 0.3 is 0 Å². The van der Waals surface area contributed by atoms with Crippen molar-refractivity contribution in [1.82, 2.24) is 19.5 Å². The minimum atomic E-state index is -0.152. The van der Waals surface area contributed by atoms with Crippen LogP contribution in [0.2, 0.25) is 0 Å². The Kier molecular flexibility index (Phi) is 2.75. The number of hydrogen-bond donors (Lipinski definition) is 2. The molecule has 0 radical (unpaired) electrons. The Morgan fingerprint density at radius 3 is 3.05 bits per heavy atom. The topological polar surface area (TPSA) is 75.6 Å². The fraction of sp³-hybridized carbons (Fsp3) is 0.154. The lowest BCUT2D eigenvalue weighted by Gasteiger charge is -2.05. The van der Waals surface area contributed by atoms with Crippen molar-refractivity contribution in [2.45, 2.75) is 6.54 Å². The fourth-order valence-electron chi connectivity index (χ4n) is 1.96. The van der Waals surface area contributed by atoms with E-state index in [1.54, 1.807) is 10.8 Å². The summed E-state index contributed by atoms with van der Waals surface area (Å²) < 4.78 is 1.75. The van der Waals surface area contributed by atoms with Gasteiger partial charge in [-0.3, -0.25) is 14.8 Å². The smallest absolute Gasteiger partial charge is 0.276 e. The van der Waals surface area contributed by atoms with Gasteiger partial charge in [-0.25, -0.2) is 4.98 Å². The minimum Gasteiger partial charge on any atom is -0.350 e. The van der Waals surface area contributed by atoms with Crippen LogP contribution in [-0.4, -0.2) is 19.5 Å². The van der Waals surface area contributed by atoms with Gasteiger partial charge in [-0.2, -0.15) is 0 Å². The molecule has 0 fully saturated rings. The Hall–Kier alpha value is -2.63. The predicted molar refractivity (Wildman–Crippen MR) is 72.9 cm³/mol. The highest BCUT2D eigenvalue weighted by Gasteiger charge is 2.06. The molecule has 3 heterocycles. The number of aromatic amines is 1. The van der Waals surface area contributed by atoms with E-state index < -0.39 is 0 Å². The summed E-state index contributed by atoms with van der Waals surface area (Å²) in [5.41, 5.74) is 1.98. The Labute approximate surface area is 109 Å². The van der Waals surface area contributed by atoms with Crippen LogP contribution in [-0.2, 0) is 13.6 Å². The number of aromatic nitrogens is 4. The molecule has 96 valence electrons. The first kappa shape index (κ1) is 11.5. The third kappa shape index (κ3) is 2.20. The lowest BCUT2D eigenvalue weighted by atomic mass is 10.3. The van der Waals surface area contributed by atoms with Crippen LogP contribution in [0.1, 0.15) is 5.69 Å². The van der Waals surface area contributed by atoms with Crippen molar-refractivity contribution in [3.8, 4) is 0 Å². The van der Waals surface area contributed by atoms with Crippen LogP contribution in [0.15, 0.2) is 41.5 Å². The summed E-state index contributed by atoms with van der Waals surface area (Å²) in [6, 6.07) is 7.50. The maximum Gasteiger partial charge on any atom is 0.276 e. The van der Waals surface area contributed by atoms with Gasteiger partial charge in [0.25, 0.3) is 5.56 Å². The van der Waals surface area contributed by atoms with Gasteiger partial charge in [0.05, 0.1) is 17.8 Å². The van der Waals surface area contributed by atoms with Gasteiger partial charge in [0.2, 0.25) is 5.95 Å². The zero-order valence-electron chi connectivity index (χ0n) is 10.4. The summed E-state index contributed by atoms with van der Waals surface area (Å²) in [4.78, 5) is 23.2. The second-order valence-corrected chi connectivity index (χ2v) is 4.25. The first-order valence-electron chi connectivity index (χ1n) is 5.93. The number of pyridine rings is 1. The van der Waals surface area contributed by atoms with E-state index in [9.17, 15) is 4.79 Å². The fourth-order valence-corrected chi connectivity index (χ4v) is 1.96. The second-order valence-electron chi connectivity index (χ2n) is 4.25. The van der Waals surface area contributed by atoms with Gasteiger partial charge in [-0.1, -0.05) is 6.07 Å². The van der Waals surface area contributed by atoms with Gasteiger partial charge in [0, 0.05) is 19.4 Å². The molecule has 0 saturated carbocycles. The Morgan fingerprint density at radius 1 is 1.37 bits per heavy atom. The monoisotopic (exact) mass is 255 g/mol. The molecule has 2 N–H and O–H groups in total. The Morgan fingerprint density at radius 2 is 2.26 bits per heavy atom.